The number of rotatable bonds is 2. The number of benzene rings is 2. The monoisotopic (exact) mass is 412 g/mol. The molecule has 2 aromatic carbocycles. The van der Waals surface area contributed by atoms with Crippen molar-refractivity contribution in [3.8, 4) is 0 Å². The highest BCUT2D eigenvalue weighted by Gasteiger charge is 2.61. The molecule has 0 saturated carbocycles. The van der Waals surface area contributed by atoms with E-state index in [-0.39, 0.29) is 29.3 Å². The summed E-state index contributed by atoms with van der Waals surface area (Å²) < 4.78 is 13.3. The van der Waals surface area contributed by atoms with Crippen molar-refractivity contribution in [2.24, 2.45) is 5.10 Å². The van der Waals surface area contributed by atoms with Crippen molar-refractivity contribution in [2.75, 3.05) is 4.90 Å². The van der Waals surface area contributed by atoms with E-state index in [4.69, 9.17) is 0 Å². The molecule has 29 heavy (non-hydrogen) atoms. The summed E-state index contributed by atoms with van der Waals surface area (Å²) in [4.78, 5) is 37.7. The van der Waals surface area contributed by atoms with Crippen molar-refractivity contribution < 1.29 is 18.8 Å². The molecule has 0 fully saturated rings. The number of para-hydroxylation sites is 1. The van der Waals surface area contributed by atoms with Crippen LogP contribution in [-0.2, 0) is 25.8 Å². The van der Waals surface area contributed by atoms with E-state index in [1.807, 2.05) is 0 Å². The summed E-state index contributed by atoms with van der Waals surface area (Å²) >= 11 is 1.02. The van der Waals surface area contributed by atoms with Gasteiger partial charge < -0.3 is 10.2 Å². The summed E-state index contributed by atoms with van der Waals surface area (Å²) in [5.41, 5.74) is 1.99. The molecule has 4 rings (SSSR count). The lowest BCUT2D eigenvalue weighted by Crippen LogP contribution is -2.48. The van der Waals surface area contributed by atoms with Crippen molar-refractivity contribution >= 4 is 40.3 Å². The maximum Gasteiger partial charge on any atom is 0.271 e. The number of anilines is 1. The minimum absolute atomic E-state index is 0.180. The van der Waals surface area contributed by atoms with Crippen LogP contribution >= 0.6 is 11.8 Å². The van der Waals surface area contributed by atoms with Gasteiger partial charge in [0.05, 0.1) is 12.2 Å². The number of carbonyl (C=O) groups is 3. The summed E-state index contributed by atoms with van der Waals surface area (Å²) in [6, 6.07) is 13.0. The standard InChI is InChI=1S/C20H17FN4O3S/c1-12(26)22-19-23-25(13(2)27)20(29-19)16-5-3-4-6-17(16)24(18(20)28)11-14-7-9-15(21)10-8-14/h3-10H,11H2,1-2H3,(H,22,23,26)/t20-/m1/s1. The fourth-order valence-electron chi connectivity index (χ4n) is 3.49. The van der Waals surface area contributed by atoms with Gasteiger partial charge >= 0.3 is 0 Å². The van der Waals surface area contributed by atoms with Crippen LogP contribution in [0.3, 0.4) is 0 Å². The van der Waals surface area contributed by atoms with Gasteiger partial charge in [-0.1, -0.05) is 30.3 Å². The van der Waals surface area contributed by atoms with Crippen LogP contribution < -0.4 is 10.2 Å². The Balaban J connectivity index is 1.78. The molecule has 9 heteroatoms. The largest absolute Gasteiger partial charge is 0.304 e. The lowest BCUT2D eigenvalue weighted by Gasteiger charge is -2.29. The number of hydrazone groups is 1. The highest BCUT2D eigenvalue weighted by molar-refractivity contribution is 8.15. The van der Waals surface area contributed by atoms with Gasteiger partial charge in [0.1, 0.15) is 5.82 Å². The molecule has 148 valence electrons. The summed E-state index contributed by atoms with van der Waals surface area (Å²) in [6.07, 6.45) is 0. The van der Waals surface area contributed by atoms with E-state index < -0.39 is 10.8 Å². The first-order chi connectivity index (χ1) is 13.8. The van der Waals surface area contributed by atoms with Crippen LogP contribution in [0.5, 0.6) is 0 Å². The second-order valence-electron chi connectivity index (χ2n) is 6.70. The SMILES string of the molecule is CC(=O)NC1=NN(C(C)=O)[C@]2(S1)C(=O)N(Cc1ccc(F)cc1)c1ccccc12. The molecular weight excluding hydrogens is 395 g/mol. The number of amidine groups is 1. The summed E-state index contributed by atoms with van der Waals surface area (Å²) in [7, 11) is 0. The van der Waals surface area contributed by atoms with Gasteiger partial charge in [-0.15, -0.1) is 5.10 Å². The zero-order chi connectivity index (χ0) is 20.8. The number of nitrogens with zero attached hydrogens (tertiary/aromatic N) is 3. The van der Waals surface area contributed by atoms with Gasteiger partial charge in [-0.3, -0.25) is 14.4 Å². The van der Waals surface area contributed by atoms with Gasteiger partial charge in [-0.2, -0.15) is 5.01 Å². The maximum atomic E-state index is 13.7. The number of fused-ring (bicyclic) bond motifs is 2. The Morgan fingerprint density at radius 2 is 1.83 bits per heavy atom. The molecule has 7 nitrogen and oxygen atoms in total. The lowest BCUT2D eigenvalue weighted by atomic mass is 10.1. The molecule has 1 N–H and O–H groups in total. The summed E-state index contributed by atoms with van der Waals surface area (Å²) in [6.45, 7) is 2.86. The Kier molecular flexibility index (Phi) is 4.62. The Hall–Kier alpha value is -3.20. The molecule has 2 aromatic rings. The van der Waals surface area contributed by atoms with Crippen molar-refractivity contribution in [3.05, 3.63) is 65.5 Å². The Labute approximate surface area is 170 Å². The van der Waals surface area contributed by atoms with Gasteiger partial charge in [0.15, 0.2) is 5.17 Å². The Bertz CT molecular complexity index is 1060. The minimum atomic E-state index is -1.43. The second kappa shape index (κ2) is 7.00. The fraction of sp³-hybridized carbons (Fsp3) is 0.200. The van der Waals surface area contributed by atoms with E-state index in [1.165, 1.54) is 26.0 Å². The third-order valence-electron chi connectivity index (χ3n) is 4.66. The summed E-state index contributed by atoms with van der Waals surface area (Å²) in [5, 5.41) is 8.07. The first-order valence-electron chi connectivity index (χ1n) is 8.85. The molecule has 2 heterocycles. The van der Waals surface area contributed by atoms with Crippen LogP contribution in [0.4, 0.5) is 10.1 Å². The molecule has 0 bridgehead atoms. The first kappa shape index (κ1) is 19.1. The summed E-state index contributed by atoms with van der Waals surface area (Å²) in [5.74, 6) is -1.49. The van der Waals surface area contributed by atoms with E-state index >= 15 is 0 Å². The average molecular weight is 412 g/mol. The zero-order valence-corrected chi connectivity index (χ0v) is 16.5. The van der Waals surface area contributed by atoms with E-state index in [0.29, 0.717) is 11.3 Å². The van der Waals surface area contributed by atoms with Crippen LogP contribution in [0.25, 0.3) is 0 Å². The van der Waals surface area contributed by atoms with Crippen molar-refractivity contribution in [1.82, 2.24) is 10.3 Å². The van der Waals surface area contributed by atoms with Crippen molar-refractivity contribution in [2.45, 2.75) is 25.3 Å². The number of hydrogen-bond donors (Lipinski definition) is 1. The van der Waals surface area contributed by atoms with Gasteiger partial charge in [-0.05, 0) is 35.5 Å². The molecule has 2 aliphatic rings. The first-order valence-corrected chi connectivity index (χ1v) is 9.66. The van der Waals surface area contributed by atoms with E-state index in [2.05, 4.69) is 10.4 Å². The highest BCUT2D eigenvalue weighted by Crippen LogP contribution is 2.54. The molecule has 0 saturated heterocycles. The fourth-order valence-corrected chi connectivity index (χ4v) is 4.83. The van der Waals surface area contributed by atoms with E-state index in [0.717, 1.165) is 22.3 Å². The van der Waals surface area contributed by atoms with Crippen molar-refractivity contribution in [3.63, 3.8) is 0 Å². The normalized spacial score (nSPS) is 20.1. The number of halogens is 1. The molecule has 1 spiro atoms. The molecule has 0 aromatic heterocycles. The lowest BCUT2D eigenvalue weighted by molar-refractivity contribution is -0.139. The molecule has 2 aliphatic heterocycles. The molecule has 0 aliphatic carbocycles. The zero-order valence-electron chi connectivity index (χ0n) is 15.7. The predicted octanol–water partition coefficient (Wildman–Crippen LogP) is 2.53. The van der Waals surface area contributed by atoms with Crippen LogP contribution in [-0.4, -0.2) is 27.9 Å². The highest BCUT2D eigenvalue weighted by atomic mass is 32.2. The molecule has 0 radical (unpaired) electrons. The van der Waals surface area contributed by atoms with E-state index in [1.54, 1.807) is 41.3 Å². The van der Waals surface area contributed by atoms with Gasteiger partial charge in [0.25, 0.3) is 5.91 Å². The average Bonchev–Trinajstić information content (AvgIpc) is 3.16. The third-order valence-corrected chi connectivity index (χ3v) is 5.90. The second-order valence-corrected chi connectivity index (χ2v) is 7.88. The Morgan fingerprint density at radius 3 is 2.48 bits per heavy atom. The van der Waals surface area contributed by atoms with Crippen LogP contribution in [0, 0.1) is 5.82 Å². The number of nitrogens with one attached hydrogen (secondary N) is 1. The predicted molar refractivity (Wildman–Crippen MR) is 107 cm³/mol. The molecular formula is C20H17FN4O3S. The van der Waals surface area contributed by atoms with Crippen LogP contribution in [0.2, 0.25) is 0 Å². The molecule has 1 atom stereocenters. The van der Waals surface area contributed by atoms with Gasteiger partial charge in [-0.25, -0.2) is 4.39 Å². The topological polar surface area (TPSA) is 82.1 Å². The van der Waals surface area contributed by atoms with E-state index in [9.17, 15) is 18.8 Å². The quantitative estimate of drug-likeness (QED) is 0.822. The van der Waals surface area contributed by atoms with Crippen LogP contribution in [0.1, 0.15) is 25.0 Å². The van der Waals surface area contributed by atoms with Crippen molar-refractivity contribution in [1.29, 1.82) is 0 Å². The number of carbonyl (C=O) groups excluding carboxylic acids is 3. The van der Waals surface area contributed by atoms with Crippen LogP contribution in [0.15, 0.2) is 53.6 Å². The molecule has 0 unspecified atom stereocenters. The van der Waals surface area contributed by atoms with Gasteiger partial charge in [0.2, 0.25) is 16.7 Å². The maximum absolute atomic E-state index is 13.7. The Morgan fingerprint density at radius 1 is 1.14 bits per heavy atom. The minimum Gasteiger partial charge on any atom is -0.304 e. The molecule has 3 amide bonds. The number of hydrogen-bond acceptors (Lipinski definition) is 5. The smallest absolute Gasteiger partial charge is 0.271 e. The van der Waals surface area contributed by atoms with Gasteiger partial charge in [0, 0.05) is 19.4 Å². The number of amides is 3. The third kappa shape index (κ3) is 3.07. The number of thioether (sulfide) groups is 1.